The van der Waals surface area contributed by atoms with Gasteiger partial charge in [0.05, 0.1) is 6.20 Å². The Labute approximate surface area is 76.3 Å². The van der Waals surface area contributed by atoms with Gasteiger partial charge in [-0.25, -0.2) is 14.6 Å². The second-order valence-electron chi connectivity index (χ2n) is 3.28. The third kappa shape index (κ3) is 1.14. The molecule has 2 aromatic heterocycles. The van der Waals surface area contributed by atoms with Crippen molar-refractivity contribution < 1.29 is 0 Å². The lowest BCUT2D eigenvalue weighted by Gasteiger charge is -2.12. The topological polar surface area (TPSA) is 46.5 Å². The van der Waals surface area contributed by atoms with Crippen molar-refractivity contribution >= 4 is 17.4 Å². The molecule has 0 fully saturated rings. The number of nitrogens with zero attached hydrogens (tertiary/aromatic N) is 3. The molecule has 0 saturated heterocycles. The standard InChI is InChI=1S/C9H12N4/c1-4-13-9-7(12-13)5-10-8(11-9)6(2)3/h4-6,12H,1H2,2-3H3. The van der Waals surface area contributed by atoms with Gasteiger partial charge < -0.3 is 0 Å². The van der Waals surface area contributed by atoms with Gasteiger partial charge in [0.1, 0.15) is 11.3 Å². The van der Waals surface area contributed by atoms with Crippen molar-refractivity contribution in [3.8, 4) is 0 Å². The van der Waals surface area contributed by atoms with Crippen LogP contribution in [0.3, 0.4) is 0 Å². The lowest BCUT2D eigenvalue weighted by Crippen LogP contribution is -2.09. The molecule has 0 unspecified atom stereocenters. The molecule has 0 aromatic carbocycles. The molecule has 0 spiro atoms. The maximum Gasteiger partial charge on any atom is 0.180 e. The predicted molar refractivity (Wildman–Crippen MR) is 52.4 cm³/mol. The van der Waals surface area contributed by atoms with Crippen LogP contribution in [0.25, 0.3) is 17.4 Å². The molecule has 2 aromatic rings. The Morgan fingerprint density at radius 1 is 1.62 bits per heavy atom. The van der Waals surface area contributed by atoms with Gasteiger partial charge in [0.2, 0.25) is 0 Å². The Balaban J connectivity index is 2.54. The summed E-state index contributed by atoms with van der Waals surface area (Å²) in [6.07, 6.45) is 3.50. The van der Waals surface area contributed by atoms with Gasteiger partial charge in [0, 0.05) is 12.1 Å². The highest BCUT2D eigenvalue weighted by Crippen LogP contribution is 2.15. The number of rotatable bonds is 2. The first-order valence-corrected chi connectivity index (χ1v) is 4.27. The molecule has 2 heterocycles. The fourth-order valence-corrected chi connectivity index (χ4v) is 1.19. The van der Waals surface area contributed by atoms with Gasteiger partial charge in [0.15, 0.2) is 5.65 Å². The van der Waals surface area contributed by atoms with Gasteiger partial charge >= 0.3 is 0 Å². The fraction of sp³-hybridized carbons (Fsp3) is 0.333. The molecule has 4 heteroatoms. The minimum absolute atomic E-state index is 0.359. The smallest absolute Gasteiger partial charge is 0.180 e. The summed E-state index contributed by atoms with van der Waals surface area (Å²) >= 11 is 0. The summed E-state index contributed by atoms with van der Waals surface area (Å²) in [6.45, 7) is 7.81. The van der Waals surface area contributed by atoms with Gasteiger partial charge in [-0.3, -0.25) is 5.10 Å². The van der Waals surface area contributed by atoms with E-state index in [2.05, 4.69) is 35.5 Å². The zero-order valence-corrected chi connectivity index (χ0v) is 7.78. The highest BCUT2D eigenvalue weighted by molar-refractivity contribution is 5.73. The van der Waals surface area contributed by atoms with E-state index in [1.807, 2.05) is 0 Å². The molecule has 0 aliphatic carbocycles. The fourth-order valence-electron chi connectivity index (χ4n) is 1.19. The number of aromatic amines is 1. The maximum atomic E-state index is 4.39. The van der Waals surface area contributed by atoms with E-state index in [1.165, 1.54) is 0 Å². The van der Waals surface area contributed by atoms with Crippen molar-refractivity contribution in [3.63, 3.8) is 0 Å². The van der Waals surface area contributed by atoms with Crippen LogP contribution < -0.4 is 0 Å². The van der Waals surface area contributed by atoms with Crippen LogP contribution >= 0.6 is 0 Å². The molecule has 0 bridgehead atoms. The molecule has 0 saturated carbocycles. The van der Waals surface area contributed by atoms with Crippen LogP contribution in [-0.4, -0.2) is 19.7 Å². The second-order valence-corrected chi connectivity index (χ2v) is 3.28. The number of hydrogen-bond acceptors (Lipinski definition) is 2. The normalized spacial score (nSPS) is 11.3. The van der Waals surface area contributed by atoms with Gasteiger partial charge in [-0.2, -0.15) is 0 Å². The van der Waals surface area contributed by atoms with Crippen LogP contribution in [0.2, 0.25) is 0 Å². The van der Waals surface area contributed by atoms with Crippen LogP contribution in [0.1, 0.15) is 25.6 Å². The summed E-state index contributed by atoms with van der Waals surface area (Å²) in [7, 11) is 0. The van der Waals surface area contributed by atoms with E-state index in [0.29, 0.717) is 5.92 Å². The van der Waals surface area contributed by atoms with Gasteiger partial charge in [-0.05, 0) is 0 Å². The van der Waals surface area contributed by atoms with Crippen LogP contribution in [0.4, 0.5) is 0 Å². The van der Waals surface area contributed by atoms with Crippen molar-refractivity contribution in [2.45, 2.75) is 19.8 Å². The first-order chi connectivity index (χ1) is 6.22. The molecule has 2 rings (SSSR count). The number of hydrogen-bond donors (Lipinski definition) is 1. The Hall–Kier alpha value is -1.58. The second kappa shape index (κ2) is 2.73. The predicted octanol–water partition coefficient (Wildman–Crippen LogP) is 1.98. The van der Waals surface area contributed by atoms with Crippen molar-refractivity contribution in [2.24, 2.45) is 0 Å². The van der Waals surface area contributed by atoms with Crippen molar-refractivity contribution in [2.75, 3.05) is 0 Å². The molecule has 0 radical (unpaired) electrons. The lowest BCUT2D eigenvalue weighted by molar-refractivity contribution is 0.762. The lowest BCUT2D eigenvalue weighted by atomic mass is 10.2. The van der Waals surface area contributed by atoms with E-state index < -0.39 is 0 Å². The highest BCUT2D eigenvalue weighted by atomic mass is 15.3. The molecule has 4 nitrogen and oxygen atoms in total. The molecule has 1 N–H and O–H groups in total. The van der Waals surface area contributed by atoms with Gasteiger partial charge in [-0.1, -0.05) is 20.4 Å². The summed E-state index contributed by atoms with van der Waals surface area (Å²) in [5.41, 5.74) is 1.87. The Morgan fingerprint density at radius 3 is 3.00 bits per heavy atom. The van der Waals surface area contributed by atoms with Crippen LogP contribution in [0, 0.1) is 0 Å². The third-order valence-electron chi connectivity index (χ3n) is 1.96. The van der Waals surface area contributed by atoms with E-state index in [4.69, 9.17) is 0 Å². The number of nitrogens with one attached hydrogen (secondary N) is 1. The minimum atomic E-state index is 0.359. The molecule has 0 atom stereocenters. The summed E-state index contributed by atoms with van der Waals surface area (Å²) in [5, 5.41) is 3.03. The average molecular weight is 176 g/mol. The van der Waals surface area contributed by atoms with Crippen molar-refractivity contribution in [3.05, 3.63) is 18.6 Å². The number of aromatic nitrogens is 4. The Morgan fingerprint density at radius 2 is 2.38 bits per heavy atom. The van der Waals surface area contributed by atoms with Crippen LogP contribution in [0.15, 0.2) is 12.8 Å². The summed E-state index contributed by atoms with van der Waals surface area (Å²) in [6, 6.07) is 0. The first kappa shape index (κ1) is 8.04. The van der Waals surface area contributed by atoms with Crippen molar-refractivity contribution in [1.82, 2.24) is 19.7 Å². The van der Waals surface area contributed by atoms with E-state index in [1.54, 1.807) is 17.1 Å². The number of fused-ring (bicyclic) bond motifs is 1. The summed E-state index contributed by atoms with van der Waals surface area (Å²) in [4.78, 5) is 8.62. The van der Waals surface area contributed by atoms with Crippen molar-refractivity contribution in [1.29, 1.82) is 0 Å². The van der Waals surface area contributed by atoms with E-state index in [-0.39, 0.29) is 0 Å². The van der Waals surface area contributed by atoms with E-state index in [0.717, 1.165) is 17.0 Å². The van der Waals surface area contributed by atoms with Crippen LogP contribution in [0.5, 0.6) is 0 Å². The molecular formula is C9H12N4. The largest absolute Gasteiger partial charge is 0.288 e. The molecule has 0 aliphatic rings. The highest BCUT2D eigenvalue weighted by Gasteiger charge is 2.08. The SMILES string of the molecule is C=Cn1[nH]c2cnc(C(C)C)nc21. The molecule has 0 amide bonds. The number of H-pyrrole nitrogens is 1. The van der Waals surface area contributed by atoms with E-state index >= 15 is 0 Å². The molecule has 68 valence electrons. The third-order valence-corrected chi connectivity index (χ3v) is 1.96. The minimum Gasteiger partial charge on any atom is -0.288 e. The zero-order valence-electron chi connectivity index (χ0n) is 7.78. The van der Waals surface area contributed by atoms with E-state index in [9.17, 15) is 0 Å². The summed E-state index contributed by atoms with van der Waals surface area (Å²) < 4.78 is 1.78. The first-order valence-electron chi connectivity index (χ1n) is 4.27. The quantitative estimate of drug-likeness (QED) is 0.760. The van der Waals surface area contributed by atoms with Crippen LogP contribution in [-0.2, 0) is 0 Å². The average Bonchev–Trinajstić information content (AvgIpc) is 2.07. The zero-order chi connectivity index (χ0) is 9.42. The monoisotopic (exact) mass is 176 g/mol. The maximum absolute atomic E-state index is 4.39. The Bertz CT molecular complexity index is 435. The molecule has 0 aliphatic heterocycles. The molecule has 13 heavy (non-hydrogen) atoms. The summed E-state index contributed by atoms with van der Waals surface area (Å²) in [5.74, 6) is 1.23. The Kier molecular flexibility index (Phi) is 1.69. The van der Waals surface area contributed by atoms with Gasteiger partial charge in [-0.15, -0.1) is 0 Å². The molecular weight excluding hydrogens is 164 g/mol. The van der Waals surface area contributed by atoms with Gasteiger partial charge in [0.25, 0.3) is 0 Å².